The molecule has 8 heteroatoms. The van der Waals surface area contributed by atoms with Crippen LogP contribution in [0.15, 0.2) is 36.7 Å². The van der Waals surface area contributed by atoms with Crippen molar-refractivity contribution >= 4 is 11.3 Å². The third-order valence-corrected chi connectivity index (χ3v) is 7.89. The van der Waals surface area contributed by atoms with Crippen LogP contribution in [0.2, 0.25) is 0 Å². The molecule has 1 aliphatic heterocycles. The molecule has 6 rings (SSSR count). The Hall–Kier alpha value is -3.26. The fourth-order valence-electron chi connectivity index (χ4n) is 5.85. The fourth-order valence-corrected chi connectivity index (χ4v) is 5.85. The molecule has 33 heavy (non-hydrogen) atoms. The van der Waals surface area contributed by atoms with E-state index in [1.165, 1.54) is 6.07 Å². The molecular weight excluding hydrogens is 417 g/mol. The molecule has 1 spiro atoms. The van der Waals surface area contributed by atoms with E-state index in [0.29, 0.717) is 0 Å². The lowest BCUT2D eigenvalue weighted by molar-refractivity contribution is 0.187. The molecule has 2 N–H and O–H groups in total. The number of fused-ring (bicyclic) bond motifs is 2. The monoisotopic (exact) mass is 445 g/mol. The molecule has 0 unspecified atom stereocenters. The summed E-state index contributed by atoms with van der Waals surface area (Å²) in [6.45, 7) is 5.82. The van der Waals surface area contributed by atoms with Crippen LogP contribution in [0, 0.1) is 25.1 Å². The van der Waals surface area contributed by atoms with Crippen molar-refractivity contribution in [3.63, 3.8) is 0 Å². The van der Waals surface area contributed by atoms with Crippen molar-refractivity contribution in [2.75, 3.05) is 18.0 Å². The molecule has 1 aromatic carbocycles. The number of halogens is 1. The quantitative estimate of drug-likeness (QED) is 0.509. The van der Waals surface area contributed by atoms with Crippen LogP contribution in [0.3, 0.4) is 0 Å². The maximum absolute atomic E-state index is 13.8. The van der Waals surface area contributed by atoms with E-state index in [9.17, 15) is 4.39 Å². The molecule has 3 aromatic heterocycles. The molecule has 2 aliphatic rings. The lowest BCUT2D eigenvalue weighted by atomic mass is 9.73. The first kappa shape index (κ1) is 20.4. The predicted octanol–water partition coefficient (Wildman–Crippen LogP) is 3.73. The minimum absolute atomic E-state index is 0.00897. The van der Waals surface area contributed by atoms with Gasteiger partial charge in [-0.2, -0.15) is 10.2 Å². The number of benzene rings is 1. The number of nitrogens with two attached hydrogens (primary N) is 1. The summed E-state index contributed by atoms with van der Waals surface area (Å²) in [4.78, 5) is 7.41. The van der Waals surface area contributed by atoms with Crippen molar-refractivity contribution in [3.05, 3.63) is 65.0 Å². The molecule has 1 saturated heterocycles. The second-order valence-electron chi connectivity index (χ2n) is 9.61. The van der Waals surface area contributed by atoms with Crippen molar-refractivity contribution < 1.29 is 4.39 Å². The highest BCUT2D eigenvalue weighted by Gasteiger charge is 2.46. The van der Waals surface area contributed by atoms with E-state index in [4.69, 9.17) is 10.7 Å². The third-order valence-electron chi connectivity index (χ3n) is 7.89. The molecule has 1 atom stereocenters. The SMILES string of the molecule is Cc1nc(N2CCC3(CC2)Cc2cc(F)ccc2[C@H]3N)c2ccnn2c1-c1cnn(C)c1C. The smallest absolute Gasteiger partial charge is 0.155 e. The largest absolute Gasteiger partial charge is 0.355 e. The summed E-state index contributed by atoms with van der Waals surface area (Å²) in [5.74, 6) is 0.780. The Morgan fingerprint density at radius 3 is 2.64 bits per heavy atom. The first-order valence-electron chi connectivity index (χ1n) is 11.5. The van der Waals surface area contributed by atoms with Crippen LogP contribution in [0.25, 0.3) is 16.8 Å². The van der Waals surface area contributed by atoms with Gasteiger partial charge in [0, 0.05) is 37.4 Å². The molecule has 4 aromatic rings. The van der Waals surface area contributed by atoms with Crippen LogP contribution in [0.4, 0.5) is 10.2 Å². The van der Waals surface area contributed by atoms with Gasteiger partial charge in [-0.3, -0.25) is 4.68 Å². The number of anilines is 1. The number of hydrogen-bond acceptors (Lipinski definition) is 5. The van der Waals surface area contributed by atoms with Crippen molar-refractivity contribution in [3.8, 4) is 11.3 Å². The molecule has 1 fully saturated rings. The molecule has 0 radical (unpaired) electrons. The Morgan fingerprint density at radius 1 is 1.12 bits per heavy atom. The van der Waals surface area contributed by atoms with Crippen molar-refractivity contribution in [2.45, 2.75) is 39.2 Å². The highest BCUT2D eigenvalue weighted by Crippen LogP contribution is 2.51. The van der Waals surface area contributed by atoms with E-state index in [1.807, 2.05) is 47.7 Å². The van der Waals surface area contributed by atoms with E-state index in [0.717, 1.165) is 77.5 Å². The van der Waals surface area contributed by atoms with Gasteiger partial charge in [0.2, 0.25) is 0 Å². The summed E-state index contributed by atoms with van der Waals surface area (Å²) >= 11 is 0. The maximum Gasteiger partial charge on any atom is 0.155 e. The zero-order chi connectivity index (χ0) is 22.9. The van der Waals surface area contributed by atoms with Gasteiger partial charge >= 0.3 is 0 Å². The first-order valence-corrected chi connectivity index (χ1v) is 11.5. The van der Waals surface area contributed by atoms with Crippen LogP contribution >= 0.6 is 0 Å². The van der Waals surface area contributed by atoms with Gasteiger partial charge in [-0.15, -0.1) is 0 Å². The minimum atomic E-state index is -0.179. The van der Waals surface area contributed by atoms with E-state index in [1.54, 1.807) is 6.07 Å². The van der Waals surface area contributed by atoms with Crippen molar-refractivity contribution in [2.24, 2.45) is 18.2 Å². The molecule has 0 amide bonds. The number of piperidine rings is 1. The van der Waals surface area contributed by atoms with E-state index < -0.39 is 0 Å². The Balaban J connectivity index is 1.32. The van der Waals surface area contributed by atoms with Crippen LogP contribution in [-0.4, -0.2) is 37.5 Å². The van der Waals surface area contributed by atoms with Gasteiger partial charge in [-0.1, -0.05) is 6.07 Å². The number of aryl methyl sites for hydroxylation is 2. The van der Waals surface area contributed by atoms with Crippen molar-refractivity contribution in [1.29, 1.82) is 0 Å². The second kappa shape index (κ2) is 7.12. The van der Waals surface area contributed by atoms with E-state index in [-0.39, 0.29) is 17.3 Å². The highest BCUT2D eigenvalue weighted by atomic mass is 19.1. The van der Waals surface area contributed by atoms with Gasteiger partial charge in [0.05, 0.1) is 23.8 Å². The van der Waals surface area contributed by atoms with Gasteiger partial charge in [0.15, 0.2) is 5.82 Å². The fraction of sp³-hybridized carbons (Fsp3) is 0.400. The number of nitrogens with zero attached hydrogens (tertiary/aromatic N) is 6. The zero-order valence-electron chi connectivity index (χ0n) is 19.2. The Morgan fingerprint density at radius 2 is 1.91 bits per heavy atom. The van der Waals surface area contributed by atoms with E-state index >= 15 is 0 Å². The molecule has 170 valence electrons. The standard InChI is InChI=1S/C25H28FN7/c1-15-22(20-14-29-31(3)16(20)2)33-21(6-9-28-33)24(30-15)32-10-7-25(8-11-32)13-17-12-18(26)4-5-19(17)23(25)27/h4-6,9,12,14,23H,7-8,10-11,13,27H2,1-3H3/t23-/m1/s1. The van der Waals surface area contributed by atoms with Crippen LogP contribution in [0.5, 0.6) is 0 Å². The van der Waals surface area contributed by atoms with Gasteiger partial charge in [0.25, 0.3) is 0 Å². The number of hydrogen-bond donors (Lipinski definition) is 1. The van der Waals surface area contributed by atoms with Crippen molar-refractivity contribution in [1.82, 2.24) is 24.4 Å². The Bertz CT molecular complexity index is 1380. The third kappa shape index (κ3) is 2.93. The van der Waals surface area contributed by atoms with Gasteiger partial charge in [-0.25, -0.2) is 13.9 Å². The van der Waals surface area contributed by atoms with Gasteiger partial charge in [-0.05, 0) is 67.9 Å². The summed E-state index contributed by atoms with van der Waals surface area (Å²) < 4.78 is 17.7. The summed E-state index contributed by atoms with van der Waals surface area (Å²) in [6.07, 6.45) is 6.47. The Labute approximate surface area is 192 Å². The summed E-state index contributed by atoms with van der Waals surface area (Å²) in [5.41, 5.74) is 13.9. The first-order chi connectivity index (χ1) is 15.9. The van der Waals surface area contributed by atoms with Crippen LogP contribution in [-0.2, 0) is 13.5 Å². The molecule has 0 bridgehead atoms. The number of rotatable bonds is 2. The maximum atomic E-state index is 13.8. The minimum Gasteiger partial charge on any atom is -0.355 e. The van der Waals surface area contributed by atoms with Crippen LogP contribution in [0.1, 0.15) is 41.4 Å². The normalized spacial score (nSPS) is 19.5. The average molecular weight is 446 g/mol. The molecule has 0 saturated carbocycles. The highest BCUT2D eigenvalue weighted by molar-refractivity contribution is 5.76. The Kier molecular flexibility index (Phi) is 4.39. The average Bonchev–Trinajstić information content (AvgIpc) is 3.47. The predicted molar refractivity (Wildman–Crippen MR) is 126 cm³/mol. The topological polar surface area (TPSA) is 77.3 Å². The van der Waals surface area contributed by atoms with Gasteiger partial charge < -0.3 is 10.6 Å². The lowest BCUT2D eigenvalue weighted by Crippen LogP contribution is -2.44. The molecule has 1 aliphatic carbocycles. The second-order valence-corrected chi connectivity index (χ2v) is 9.61. The summed E-state index contributed by atoms with van der Waals surface area (Å²) in [5, 5.41) is 9.05. The van der Waals surface area contributed by atoms with Gasteiger partial charge in [0.1, 0.15) is 11.3 Å². The van der Waals surface area contributed by atoms with Crippen LogP contribution < -0.4 is 10.6 Å². The molecular formula is C25H28FN7. The van der Waals surface area contributed by atoms with E-state index in [2.05, 4.69) is 22.0 Å². The molecule has 7 nitrogen and oxygen atoms in total. The number of aromatic nitrogens is 5. The molecule has 4 heterocycles. The zero-order valence-corrected chi connectivity index (χ0v) is 19.2. The summed E-state index contributed by atoms with van der Waals surface area (Å²) in [7, 11) is 1.94. The lowest BCUT2D eigenvalue weighted by Gasteiger charge is -2.42. The summed E-state index contributed by atoms with van der Waals surface area (Å²) in [6, 6.07) is 7.05.